The number of ether oxygens (including phenoxy) is 2. The maximum atomic E-state index is 13.1. The lowest BCUT2D eigenvalue weighted by Gasteiger charge is -2.28. The number of phosphoric ester groups is 2. The molecule has 248 valence electrons. The summed E-state index contributed by atoms with van der Waals surface area (Å²) in [4.78, 5) is 66.2. The SMILES string of the molecule is Nc1nc2c(ncn2[C@@H]2OC3COP(=O)(O)O[C@@H]4C(COP(=O)(O)O[C@H]3[C@H]2N)O[C@@H](n2cnc3c(=O)[nH]c(N)nc32)[C@@H]4O)c(=O)[nH]1. The van der Waals surface area contributed by atoms with E-state index in [4.69, 9.17) is 44.8 Å². The zero-order valence-corrected chi connectivity index (χ0v) is 24.7. The van der Waals surface area contributed by atoms with Crippen molar-refractivity contribution in [2.75, 3.05) is 24.7 Å². The molecule has 4 unspecified atom stereocenters. The van der Waals surface area contributed by atoms with Gasteiger partial charge >= 0.3 is 15.6 Å². The molecule has 0 radical (unpaired) electrons. The van der Waals surface area contributed by atoms with Gasteiger partial charge in [0.1, 0.15) is 30.5 Å². The summed E-state index contributed by atoms with van der Waals surface area (Å²) in [5, 5.41) is 11.1. The predicted molar refractivity (Wildman–Crippen MR) is 148 cm³/mol. The fourth-order valence-electron chi connectivity index (χ4n) is 5.46. The number of aliphatic hydroxyl groups excluding tert-OH is 1. The first-order chi connectivity index (χ1) is 21.7. The van der Waals surface area contributed by atoms with Gasteiger partial charge in [-0.1, -0.05) is 0 Å². The quantitative estimate of drug-likeness (QED) is 0.0967. The molecule has 26 heteroatoms. The van der Waals surface area contributed by atoms with Gasteiger partial charge < -0.3 is 41.6 Å². The molecular weight excluding hydrogens is 664 g/mol. The number of aliphatic hydroxyl groups is 1. The van der Waals surface area contributed by atoms with E-state index < -0.39 is 89.0 Å². The van der Waals surface area contributed by atoms with E-state index in [0.717, 1.165) is 10.9 Å². The number of anilines is 2. The van der Waals surface area contributed by atoms with Gasteiger partial charge in [0.25, 0.3) is 11.1 Å². The van der Waals surface area contributed by atoms with Gasteiger partial charge in [-0.25, -0.2) is 19.1 Å². The Labute approximate surface area is 253 Å². The Morgan fingerprint density at radius 1 is 0.804 bits per heavy atom. The summed E-state index contributed by atoms with van der Waals surface area (Å²) in [6, 6.07) is -1.29. The number of hydrogen-bond donors (Lipinski definition) is 8. The molecule has 0 spiro atoms. The zero-order chi connectivity index (χ0) is 32.7. The Kier molecular flexibility index (Phi) is 7.39. The Balaban J connectivity index is 1.18. The van der Waals surface area contributed by atoms with Crippen LogP contribution >= 0.6 is 15.6 Å². The van der Waals surface area contributed by atoms with Crippen LogP contribution in [0.3, 0.4) is 0 Å². The summed E-state index contributed by atoms with van der Waals surface area (Å²) in [7, 11) is -10.1. The summed E-state index contributed by atoms with van der Waals surface area (Å²) in [6.07, 6.45) is -8.33. The van der Waals surface area contributed by atoms with Crippen molar-refractivity contribution < 1.29 is 51.6 Å². The number of fused-ring (bicyclic) bond motifs is 4. The van der Waals surface area contributed by atoms with Crippen LogP contribution in [-0.4, -0.2) is 104 Å². The monoisotopic (exact) mass is 689 g/mol. The topological polar surface area (TPSA) is 355 Å². The van der Waals surface area contributed by atoms with Crippen LogP contribution in [-0.2, 0) is 36.7 Å². The highest BCUT2D eigenvalue weighted by Crippen LogP contribution is 2.53. The van der Waals surface area contributed by atoms with Crippen LogP contribution < -0.4 is 28.3 Å². The minimum Gasteiger partial charge on any atom is -0.386 e. The van der Waals surface area contributed by atoms with Gasteiger partial charge in [0.15, 0.2) is 34.8 Å². The Morgan fingerprint density at radius 3 is 1.80 bits per heavy atom. The number of nitrogens with two attached hydrogens (primary N) is 3. The van der Waals surface area contributed by atoms with Crippen molar-refractivity contribution in [2.24, 2.45) is 5.73 Å². The number of phosphoric acid groups is 2. The van der Waals surface area contributed by atoms with E-state index in [1.54, 1.807) is 0 Å². The average molecular weight is 689 g/mol. The lowest BCUT2D eigenvalue weighted by atomic mass is 10.1. The molecule has 7 rings (SSSR count). The maximum Gasteiger partial charge on any atom is 0.472 e. The van der Waals surface area contributed by atoms with Gasteiger partial charge in [-0.05, 0) is 0 Å². The number of aromatic nitrogens is 8. The molecule has 10 atom stereocenters. The van der Waals surface area contributed by atoms with Gasteiger partial charge in [0.05, 0.1) is 31.9 Å². The van der Waals surface area contributed by atoms with Crippen LogP contribution in [0.2, 0.25) is 0 Å². The highest BCUT2D eigenvalue weighted by atomic mass is 31.2. The normalized spacial score (nSPS) is 37.1. The Morgan fingerprint density at radius 2 is 1.26 bits per heavy atom. The van der Waals surface area contributed by atoms with Crippen LogP contribution in [0.1, 0.15) is 12.5 Å². The van der Waals surface area contributed by atoms with E-state index >= 15 is 0 Å². The van der Waals surface area contributed by atoms with E-state index in [1.165, 1.54) is 10.9 Å². The van der Waals surface area contributed by atoms with Gasteiger partial charge in [-0.15, -0.1) is 0 Å². The van der Waals surface area contributed by atoms with Crippen LogP contribution in [0.4, 0.5) is 11.9 Å². The molecule has 24 nitrogen and oxygen atoms in total. The largest absolute Gasteiger partial charge is 0.472 e. The number of nitrogen functional groups attached to an aromatic ring is 2. The molecule has 3 aliphatic rings. The molecule has 0 saturated carbocycles. The Hall–Kier alpha value is -3.64. The molecule has 7 heterocycles. The molecule has 0 aromatic carbocycles. The van der Waals surface area contributed by atoms with E-state index in [2.05, 4.69) is 29.9 Å². The van der Waals surface area contributed by atoms with Crippen molar-refractivity contribution in [3.63, 3.8) is 0 Å². The molecule has 0 amide bonds. The first-order valence-corrected chi connectivity index (χ1v) is 16.2. The molecule has 46 heavy (non-hydrogen) atoms. The summed E-state index contributed by atoms with van der Waals surface area (Å²) in [6.45, 7) is -1.62. The fraction of sp³-hybridized carbons (Fsp3) is 0.500. The van der Waals surface area contributed by atoms with Crippen molar-refractivity contribution >= 4 is 49.9 Å². The standard InChI is InChI=1S/C20H25N11O13P2/c21-7-11-5(41-17(7)30-3-24-8-13(30)26-19(22)28-15(8)33)1-39-46(37,38)44-12-6(2-40-45(35,36)43-11)42-18(10(12)32)31-4-25-9-14(31)27-20(23)29-16(9)34/h3-7,10-12,17-18,32H,1-2,21H2,(H,35,36)(H,37,38)(H3,22,26,28,33)(H3,23,27,29,34)/t5?,6?,7-,10-,11-,12-,17-,18-/m1/s1. The van der Waals surface area contributed by atoms with Crippen LogP contribution in [0.15, 0.2) is 22.2 Å². The molecule has 4 aromatic heterocycles. The van der Waals surface area contributed by atoms with E-state index in [9.17, 15) is 33.6 Å². The minimum absolute atomic E-state index is 0.0405. The summed E-state index contributed by atoms with van der Waals surface area (Å²) < 4.78 is 61.2. The van der Waals surface area contributed by atoms with Crippen LogP contribution in [0.25, 0.3) is 22.3 Å². The Bertz CT molecular complexity index is 1900. The first-order valence-electron chi connectivity index (χ1n) is 13.2. The number of nitrogens with zero attached hydrogens (tertiary/aromatic N) is 6. The van der Waals surface area contributed by atoms with Crippen LogP contribution in [0.5, 0.6) is 0 Å². The third-order valence-corrected chi connectivity index (χ3v) is 9.43. The van der Waals surface area contributed by atoms with E-state index in [-0.39, 0.29) is 34.2 Å². The predicted octanol–water partition coefficient (Wildman–Crippen LogP) is -3.08. The summed E-state index contributed by atoms with van der Waals surface area (Å²) >= 11 is 0. The van der Waals surface area contributed by atoms with Crippen molar-refractivity contribution in [1.82, 2.24) is 39.0 Å². The van der Waals surface area contributed by atoms with Gasteiger partial charge in [-0.3, -0.25) is 46.8 Å². The number of hydrogen-bond acceptors (Lipinski definition) is 18. The number of nitrogens with one attached hydrogen (secondary N) is 2. The summed E-state index contributed by atoms with van der Waals surface area (Å²) in [5.41, 5.74) is 15.9. The maximum absolute atomic E-state index is 13.1. The van der Waals surface area contributed by atoms with Crippen molar-refractivity contribution in [2.45, 2.75) is 49.0 Å². The zero-order valence-electron chi connectivity index (χ0n) is 22.9. The summed E-state index contributed by atoms with van der Waals surface area (Å²) in [5.74, 6) is -0.510. The minimum atomic E-state index is -5.06. The second kappa shape index (κ2) is 11.0. The molecule has 0 aliphatic carbocycles. The lowest BCUT2D eigenvalue weighted by Crippen LogP contribution is -2.42. The molecule has 11 N–H and O–H groups in total. The second-order valence-electron chi connectivity index (χ2n) is 10.4. The van der Waals surface area contributed by atoms with Crippen LogP contribution in [0, 0.1) is 0 Å². The lowest BCUT2D eigenvalue weighted by molar-refractivity contribution is -0.0662. The van der Waals surface area contributed by atoms with Crippen molar-refractivity contribution in [3.8, 4) is 0 Å². The smallest absolute Gasteiger partial charge is 0.386 e. The van der Waals surface area contributed by atoms with Gasteiger partial charge in [0, 0.05) is 0 Å². The first kappa shape index (κ1) is 31.0. The third kappa shape index (κ3) is 5.33. The molecule has 3 saturated heterocycles. The van der Waals surface area contributed by atoms with Gasteiger partial charge in [-0.2, -0.15) is 9.97 Å². The highest BCUT2D eigenvalue weighted by molar-refractivity contribution is 7.47. The second-order valence-corrected chi connectivity index (χ2v) is 13.2. The molecule has 3 aliphatic heterocycles. The highest BCUT2D eigenvalue weighted by Gasteiger charge is 2.53. The molecule has 3 fully saturated rings. The third-order valence-electron chi connectivity index (χ3n) is 7.46. The number of H-pyrrole nitrogens is 2. The number of imidazole rings is 2. The molecular formula is C20H25N11O13P2. The number of aromatic amines is 2. The molecule has 4 aromatic rings. The molecule has 0 bridgehead atoms. The fourth-order valence-corrected chi connectivity index (χ4v) is 7.40. The number of rotatable bonds is 2. The van der Waals surface area contributed by atoms with E-state index in [1.807, 2.05) is 0 Å². The average Bonchev–Trinajstić information content (AvgIpc) is 3.72. The van der Waals surface area contributed by atoms with Crippen molar-refractivity contribution in [1.29, 1.82) is 0 Å². The van der Waals surface area contributed by atoms with Crippen molar-refractivity contribution in [3.05, 3.63) is 33.4 Å². The van der Waals surface area contributed by atoms with E-state index in [0.29, 0.717) is 0 Å². The van der Waals surface area contributed by atoms with Gasteiger partial charge in [0.2, 0.25) is 11.9 Å².